The van der Waals surface area contributed by atoms with Crippen molar-refractivity contribution in [3.63, 3.8) is 0 Å². The Morgan fingerprint density at radius 3 is 2.52 bits per heavy atom. The molecule has 0 bridgehead atoms. The molecule has 0 aliphatic carbocycles. The fourth-order valence-electron chi connectivity index (χ4n) is 2.77. The van der Waals surface area contributed by atoms with Crippen molar-refractivity contribution in [1.29, 1.82) is 0 Å². The zero-order valence-electron chi connectivity index (χ0n) is 14.8. The van der Waals surface area contributed by atoms with E-state index < -0.39 is 17.8 Å². The predicted octanol–water partition coefficient (Wildman–Crippen LogP) is 3.95. The van der Waals surface area contributed by atoms with Crippen LogP contribution in [-0.4, -0.2) is 34.7 Å². The maximum Gasteiger partial charge on any atom is 0.416 e. The van der Waals surface area contributed by atoms with Crippen molar-refractivity contribution in [2.75, 3.05) is 5.32 Å². The molecule has 0 aliphatic rings. The first-order valence-electron chi connectivity index (χ1n) is 8.30. The number of hydrogen-bond acceptors (Lipinski definition) is 7. The summed E-state index contributed by atoms with van der Waals surface area (Å²) >= 11 is 3.16. The lowest BCUT2D eigenvalue weighted by Gasteiger charge is -2.17. The van der Waals surface area contributed by atoms with Crippen LogP contribution in [0.1, 0.15) is 24.4 Å². The third kappa shape index (κ3) is 3.75. The molecule has 0 fully saturated rings. The summed E-state index contributed by atoms with van der Waals surface area (Å²) in [4.78, 5) is 20.7. The molecule has 4 aromatic rings. The molecule has 0 aliphatic heterocycles. The first-order valence-corrected chi connectivity index (χ1v) is 9.09. The summed E-state index contributed by atoms with van der Waals surface area (Å²) in [6.07, 6.45) is 1.26. The minimum Gasteiger partial charge on any atom is -0.360 e. The van der Waals surface area contributed by atoms with Crippen molar-refractivity contribution in [3.05, 3.63) is 59.1 Å². The van der Waals surface area contributed by atoms with E-state index in [1.54, 1.807) is 25.4 Å². The van der Waals surface area contributed by atoms with E-state index >= 15 is 0 Å². The number of nitrogens with one attached hydrogen (secondary N) is 1. The average molecular weight is 465 g/mol. The Morgan fingerprint density at radius 2 is 1.79 bits per heavy atom. The first-order chi connectivity index (χ1) is 13.8. The van der Waals surface area contributed by atoms with Gasteiger partial charge < -0.3 is 5.32 Å². The monoisotopic (exact) mass is 464 g/mol. The van der Waals surface area contributed by atoms with Crippen LogP contribution >= 0.6 is 15.9 Å². The molecule has 1 aromatic carbocycles. The van der Waals surface area contributed by atoms with Crippen molar-refractivity contribution in [1.82, 2.24) is 34.7 Å². The van der Waals surface area contributed by atoms with Gasteiger partial charge in [0.15, 0.2) is 5.82 Å². The number of hydrogen-bond donors (Lipinski definition) is 1. The molecule has 3 aromatic heterocycles. The number of aromatic nitrogens is 7. The van der Waals surface area contributed by atoms with E-state index in [-0.39, 0.29) is 15.7 Å². The predicted molar refractivity (Wildman–Crippen MR) is 101 cm³/mol. The molecule has 1 atom stereocenters. The molecule has 29 heavy (non-hydrogen) atoms. The Bertz CT molecular complexity index is 1160. The Labute approximate surface area is 170 Å². The van der Waals surface area contributed by atoms with Gasteiger partial charge in [-0.25, -0.2) is 24.9 Å². The van der Waals surface area contributed by atoms with Gasteiger partial charge in [0.1, 0.15) is 18.5 Å². The standard InChI is InChI=1S/C17H12BrF3N8/c1-9(15-26-8-27-29(15)16-22-3-2-4-23-16)28-14-11-5-10(17(19,20)21)6-12(18)13(11)24-7-25-14/h2-9H,1H3,(H,24,25,28). The number of fused-ring (bicyclic) bond motifs is 1. The lowest BCUT2D eigenvalue weighted by atomic mass is 10.1. The first kappa shape index (κ1) is 19.2. The van der Waals surface area contributed by atoms with Gasteiger partial charge in [-0.3, -0.25) is 0 Å². The molecule has 148 valence electrons. The third-order valence-electron chi connectivity index (χ3n) is 4.08. The Balaban J connectivity index is 1.74. The smallest absolute Gasteiger partial charge is 0.360 e. The molecule has 0 saturated carbocycles. The lowest BCUT2D eigenvalue weighted by Crippen LogP contribution is -2.16. The summed E-state index contributed by atoms with van der Waals surface area (Å²) in [6.45, 7) is 1.78. The van der Waals surface area contributed by atoms with Crippen LogP contribution in [0.5, 0.6) is 0 Å². The summed E-state index contributed by atoms with van der Waals surface area (Å²) in [5.74, 6) is 1.02. The number of benzene rings is 1. The number of nitrogens with zero attached hydrogens (tertiary/aromatic N) is 7. The maximum absolute atomic E-state index is 13.2. The van der Waals surface area contributed by atoms with Crippen LogP contribution in [0.15, 0.2) is 47.7 Å². The van der Waals surface area contributed by atoms with Gasteiger partial charge >= 0.3 is 6.18 Å². The Kier molecular flexibility index (Phi) is 4.86. The zero-order valence-corrected chi connectivity index (χ0v) is 16.3. The lowest BCUT2D eigenvalue weighted by molar-refractivity contribution is -0.137. The molecule has 0 saturated heterocycles. The summed E-state index contributed by atoms with van der Waals surface area (Å²) < 4.78 is 41.4. The molecule has 8 nitrogen and oxygen atoms in total. The minimum atomic E-state index is -4.50. The summed E-state index contributed by atoms with van der Waals surface area (Å²) in [5.41, 5.74) is -0.446. The molecule has 0 spiro atoms. The number of rotatable bonds is 4. The van der Waals surface area contributed by atoms with Crippen LogP contribution in [0.4, 0.5) is 19.0 Å². The van der Waals surface area contributed by atoms with Crippen molar-refractivity contribution < 1.29 is 13.2 Å². The molecule has 4 rings (SSSR count). The summed E-state index contributed by atoms with van der Waals surface area (Å²) in [7, 11) is 0. The Hall–Kier alpha value is -3.15. The summed E-state index contributed by atoms with van der Waals surface area (Å²) in [6, 6.07) is 3.21. The van der Waals surface area contributed by atoms with Crippen LogP contribution in [-0.2, 0) is 6.18 Å². The molecular formula is C17H12BrF3N8. The van der Waals surface area contributed by atoms with Crippen LogP contribution in [0.2, 0.25) is 0 Å². The zero-order chi connectivity index (χ0) is 20.6. The van der Waals surface area contributed by atoms with Crippen LogP contribution in [0.3, 0.4) is 0 Å². The molecule has 3 heterocycles. The van der Waals surface area contributed by atoms with E-state index in [9.17, 15) is 13.2 Å². The highest BCUT2D eigenvalue weighted by molar-refractivity contribution is 9.10. The van der Waals surface area contributed by atoms with Crippen molar-refractivity contribution >= 4 is 32.7 Å². The van der Waals surface area contributed by atoms with Gasteiger partial charge in [-0.05, 0) is 41.1 Å². The molecular weight excluding hydrogens is 453 g/mol. The highest BCUT2D eigenvalue weighted by Crippen LogP contribution is 2.36. The highest BCUT2D eigenvalue weighted by Gasteiger charge is 2.32. The number of anilines is 1. The average Bonchev–Trinajstić information content (AvgIpc) is 3.18. The quantitative estimate of drug-likeness (QED) is 0.488. The normalized spacial score (nSPS) is 12.9. The van der Waals surface area contributed by atoms with Gasteiger partial charge in [-0.15, -0.1) is 0 Å². The second kappa shape index (κ2) is 7.35. The molecule has 12 heteroatoms. The van der Waals surface area contributed by atoms with E-state index in [2.05, 4.69) is 51.3 Å². The molecule has 1 N–H and O–H groups in total. The SMILES string of the molecule is CC(Nc1ncnc2c(Br)cc(C(F)(F)F)cc12)c1ncnn1-c1ncccn1. The van der Waals surface area contributed by atoms with Gasteiger partial charge in [0.25, 0.3) is 5.95 Å². The fourth-order valence-corrected chi connectivity index (χ4v) is 3.34. The van der Waals surface area contributed by atoms with Gasteiger partial charge in [-0.2, -0.15) is 23.0 Å². The van der Waals surface area contributed by atoms with Crippen LogP contribution < -0.4 is 5.32 Å². The van der Waals surface area contributed by atoms with Crippen molar-refractivity contribution in [3.8, 4) is 5.95 Å². The molecule has 0 amide bonds. The van der Waals surface area contributed by atoms with Gasteiger partial charge in [0.05, 0.1) is 17.1 Å². The summed E-state index contributed by atoms with van der Waals surface area (Å²) in [5, 5.41) is 7.43. The number of halogens is 4. The van der Waals surface area contributed by atoms with Crippen molar-refractivity contribution in [2.45, 2.75) is 19.1 Å². The second-order valence-corrected chi connectivity index (χ2v) is 6.87. The van der Waals surface area contributed by atoms with E-state index in [0.29, 0.717) is 17.3 Å². The van der Waals surface area contributed by atoms with E-state index in [1.165, 1.54) is 17.3 Å². The maximum atomic E-state index is 13.2. The van der Waals surface area contributed by atoms with Crippen LogP contribution in [0, 0.1) is 0 Å². The largest absolute Gasteiger partial charge is 0.416 e. The highest BCUT2D eigenvalue weighted by atomic mass is 79.9. The van der Waals surface area contributed by atoms with E-state index in [1.807, 2.05) is 0 Å². The minimum absolute atomic E-state index is 0.223. The van der Waals surface area contributed by atoms with Gasteiger partial charge in [0, 0.05) is 22.3 Å². The van der Waals surface area contributed by atoms with Gasteiger partial charge in [-0.1, -0.05) is 0 Å². The number of alkyl halides is 3. The van der Waals surface area contributed by atoms with Gasteiger partial charge in [0.2, 0.25) is 0 Å². The molecule has 1 unspecified atom stereocenters. The fraction of sp³-hybridized carbons (Fsp3) is 0.176. The van der Waals surface area contributed by atoms with Crippen LogP contribution in [0.25, 0.3) is 16.9 Å². The van der Waals surface area contributed by atoms with E-state index in [4.69, 9.17) is 0 Å². The molecule has 0 radical (unpaired) electrons. The Morgan fingerprint density at radius 1 is 1.03 bits per heavy atom. The van der Waals surface area contributed by atoms with Crippen molar-refractivity contribution in [2.24, 2.45) is 0 Å². The second-order valence-electron chi connectivity index (χ2n) is 6.02. The van der Waals surface area contributed by atoms with E-state index in [0.717, 1.165) is 12.1 Å². The topological polar surface area (TPSA) is 94.3 Å². The third-order valence-corrected chi connectivity index (χ3v) is 4.68.